The van der Waals surface area contributed by atoms with Gasteiger partial charge in [-0.2, -0.15) is 0 Å². The molecule has 53 heavy (non-hydrogen) atoms. The number of unbranched alkanes of at least 4 members (excludes halogenated alkanes) is 1. The van der Waals surface area contributed by atoms with Crippen molar-refractivity contribution >= 4 is 109 Å². The van der Waals surface area contributed by atoms with Crippen LogP contribution in [0.3, 0.4) is 0 Å². The van der Waals surface area contributed by atoms with Crippen LogP contribution in [-0.4, -0.2) is 35.9 Å². The van der Waals surface area contributed by atoms with Crippen molar-refractivity contribution in [2.45, 2.75) is 87.9 Å². The van der Waals surface area contributed by atoms with Gasteiger partial charge in [0.2, 0.25) is 0 Å². The number of thiophene rings is 2. The summed E-state index contributed by atoms with van der Waals surface area (Å²) in [7, 11) is 1.95. The van der Waals surface area contributed by atoms with Crippen LogP contribution in [0.4, 0.5) is 11.4 Å². The zero-order chi connectivity index (χ0) is 37.2. The minimum Gasteiger partial charge on any atom is -0.398 e. The predicted molar refractivity (Wildman–Crippen MR) is 242 cm³/mol. The quantitative estimate of drug-likeness (QED) is 0.124. The minimum absolute atomic E-state index is 0.0143. The van der Waals surface area contributed by atoms with Gasteiger partial charge in [-0.25, -0.2) is 0 Å². The molecule has 0 fully saturated rings. The topological polar surface area (TPSA) is 70.2 Å². The third-order valence-corrected chi connectivity index (χ3v) is 18.7. The summed E-state index contributed by atoms with van der Waals surface area (Å²) in [5.74, 6) is 1.25. The van der Waals surface area contributed by atoms with Crippen molar-refractivity contribution in [1.29, 1.82) is 5.41 Å². The summed E-state index contributed by atoms with van der Waals surface area (Å²) in [4.78, 5) is 25.4. The van der Waals surface area contributed by atoms with E-state index in [-0.39, 0.29) is 5.25 Å². The Bertz CT molecular complexity index is 2150. The zero-order valence-corrected chi connectivity index (χ0v) is 36.1. The molecule has 4 nitrogen and oxygen atoms in total. The molecule has 0 saturated carbocycles. The van der Waals surface area contributed by atoms with E-state index in [4.69, 9.17) is 5.73 Å². The molecule has 3 aromatic rings. The molecule has 1 aromatic carbocycles. The van der Waals surface area contributed by atoms with Crippen LogP contribution in [0.15, 0.2) is 75.4 Å². The number of nitrogen functional groups attached to an aromatic ring is 1. The molecule has 0 aliphatic carbocycles. The van der Waals surface area contributed by atoms with E-state index in [1.165, 1.54) is 66.4 Å². The third kappa shape index (κ3) is 8.01. The van der Waals surface area contributed by atoms with Gasteiger partial charge in [-0.3, -0.25) is 10.2 Å². The molecule has 4 aliphatic rings. The lowest BCUT2D eigenvalue weighted by Crippen LogP contribution is -2.26. The number of nitrogens with one attached hydrogen (secondary N) is 1. The minimum atomic E-state index is 0.0143. The number of allylic oxidation sites excluding steroid dienone is 4. The highest BCUT2D eigenvalue weighted by Crippen LogP contribution is 2.52. The SMILES string of the molecule is C/C=C(\SC)C1CC=C(C2=CCC(/C(C=O)=c3\cc4c(cc3N)=C(c3ccc(C5=CCC(c6ccc(CC(CC)CCCC)s6)S5)s3)C(=N)N4C)S2)S1. The highest BCUT2D eigenvalue weighted by Gasteiger charge is 2.31. The van der Waals surface area contributed by atoms with Gasteiger partial charge in [0.15, 0.2) is 0 Å². The number of likely N-dealkylation sites (N-methyl/N-ethyl adjacent to an activating group) is 1. The monoisotopic (exact) mass is 815 g/mol. The first-order valence-corrected chi connectivity index (χ1v) is 24.2. The van der Waals surface area contributed by atoms with E-state index < -0.39 is 0 Å². The summed E-state index contributed by atoms with van der Waals surface area (Å²) in [5.41, 5.74) is 9.95. The second kappa shape index (κ2) is 17.2. The van der Waals surface area contributed by atoms with Gasteiger partial charge in [-0.1, -0.05) is 63.8 Å². The number of rotatable bonds is 14. The number of nitrogens with zero attached hydrogens (tertiary/aromatic N) is 1. The zero-order valence-electron chi connectivity index (χ0n) is 31.2. The van der Waals surface area contributed by atoms with Crippen molar-refractivity contribution in [1.82, 2.24) is 0 Å². The van der Waals surface area contributed by atoms with Crippen molar-refractivity contribution in [2.24, 2.45) is 5.92 Å². The number of benzene rings is 1. The number of aldehydes is 1. The van der Waals surface area contributed by atoms with Gasteiger partial charge < -0.3 is 10.6 Å². The Hall–Kier alpha value is -2.34. The van der Waals surface area contributed by atoms with Crippen LogP contribution in [0.1, 0.15) is 90.5 Å². The van der Waals surface area contributed by atoms with Gasteiger partial charge in [0, 0.05) is 84.3 Å². The van der Waals surface area contributed by atoms with Gasteiger partial charge >= 0.3 is 0 Å². The molecule has 4 atom stereocenters. The van der Waals surface area contributed by atoms with Crippen molar-refractivity contribution < 1.29 is 4.79 Å². The van der Waals surface area contributed by atoms with Crippen molar-refractivity contribution in [3.8, 4) is 0 Å². The van der Waals surface area contributed by atoms with Crippen LogP contribution in [0.2, 0.25) is 0 Å². The predicted octanol–water partition coefficient (Wildman–Crippen LogP) is 11.4. The second-order valence-corrected chi connectivity index (χ2v) is 20.9. The lowest BCUT2D eigenvalue weighted by atomic mass is 9.95. The average Bonchev–Trinajstić information content (AvgIpc) is 4.02. The summed E-state index contributed by atoms with van der Waals surface area (Å²) < 4.78 is 0. The first-order chi connectivity index (χ1) is 25.8. The Morgan fingerprint density at radius 1 is 0.981 bits per heavy atom. The number of carbonyl (C=O) groups excluding carboxylic acids is 1. The van der Waals surface area contributed by atoms with Gasteiger partial charge in [0.25, 0.3) is 0 Å². The van der Waals surface area contributed by atoms with Crippen LogP contribution in [0, 0.1) is 11.3 Å². The average molecular weight is 816 g/mol. The molecule has 10 heteroatoms. The van der Waals surface area contributed by atoms with Gasteiger partial charge in [-0.05, 0) is 86.1 Å². The lowest BCUT2D eigenvalue weighted by molar-refractivity contribution is -0.103. The molecule has 0 radical (unpaired) electrons. The Kier molecular flexibility index (Phi) is 12.6. The maximum Gasteiger partial charge on any atom is 0.147 e. The van der Waals surface area contributed by atoms with Crippen molar-refractivity contribution in [3.63, 3.8) is 0 Å². The second-order valence-electron chi connectivity index (χ2n) is 14.0. The van der Waals surface area contributed by atoms with Crippen molar-refractivity contribution in [2.75, 3.05) is 23.9 Å². The number of fused-ring (bicyclic) bond motifs is 1. The molecular formula is C43H49N3OS6. The highest BCUT2D eigenvalue weighted by molar-refractivity contribution is 8.10. The van der Waals surface area contributed by atoms with E-state index >= 15 is 0 Å². The summed E-state index contributed by atoms with van der Waals surface area (Å²) >= 11 is 11.3. The van der Waals surface area contributed by atoms with Crippen LogP contribution < -0.4 is 21.1 Å². The van der Waals surface area contributed by atoms with Crippen LogP contribution in [0.5, 0.6) is 0 Å². The van der Waals surface area contributed by atoms with Crippen LogP contribution in [0.25, 0.3) is 16.1 Å². The fourth-order valence-corrected chi connectivity index (χ4v) is 15.1. The van der Waals surface area contributed by atoms with Gasteiger partial charge in [0.1, 0.15) is 12.1 Å². The Labute approximate surface area is 340 Å². The summed E-state index contributed by atoms with van der Waals surface area (Å²) in [6.45, 7) is 6.74. The smallest absolute Gasteiger partial charge is 0.147 e. The van der Waals surface area contributed by atoms with Crippen LogP contribution >= 0.6 is 69.7 Å². The van der Waals surface area contributed by atoms with E-state index in [1.54, 1.807) is 23.1 Å². The molecule has 6 heterocycles. The number of hydrogen-bond acceptors (Lipinski definition) is 9. The van der Waals surface area contributed by atoms with E-state index in [9.17, 15) is 10.2 Å². The largest absolute Gasteiger partial charge is 0.398 e. The summed E-state index contributed by atoms with van der Waals surface area (Å²) in [5, 5.41) is 11.9. The molecule has 2 aromatic heterocycles. The van der Waals surface area contributed by atoms with Gasteiger partial charge in [-0.15, -0.1) is 69.7 Å². The molecule has 7 rings (SSSR count). The maximum atomic E-state index is 12.7. The lowest BCUT2D eigenvalue weighted by Gasteiger charge is -2.16. The fourth-order valence-electron chi connectivity index (χ4n) is 7.66. The first kappa shape index (κ1) is 38.9. The number of hydrogen-bond donors (Lipinski definition) is 2. The number of thioether (sulfide) groups is 4. The van der Waals surface area contributed by atoms with Gasteiger partial charge in [0.05, 0.1) is 5.69 Å². The molecule has 4 unspecified atom stereocenters. The summed E-state index contributed by atoms with van der Waals surface area (Å²) in [6, 6.07) is 13.2. The maximum absolute atomic E-state index is 12.7. The highest BCUT2D eigenvalue weighted by atomic mass is 32.2. The molecule has 0 bridgehead atoms. The van der Waals surface area contributed by atoms with E-state index in [2.05, 4.69) is 75.6 Å². The number of anilines is 2. The number of amidine groups is 1. The molecule has 4 aliphatic heterocycles. The van der Waals surface area contributed by atoms with Crippen LogP contribution in [-0.2, 0) is 11.2 Å². The number of carbonyl (C=O) groups is 1. The van der Waals surface area contributed by atoms with E-state index in [0.29, 0.717) is 22.0 Å². The third-order valence-electron chi connectivity index (χ3n) is 10.7. The molecule has 0 spiro atoms. The normalized spacial score (nSPS) is 22.7. The molecule has 0 amide bonds. The number of nitrogens with two attached hydrogens (primary N) is 1. The summed E-state index contributed by atoms with van der Waals surface area (Å²) in [6.07, 6.45) is 21.7. The van der Waals surface area contributed by atoms with E-state index in [0.717, 1.165) is 63.6 Å². The van der Waals surface area contributed by atoms with Crippen molar-refractivity contribution in [3.05, 3.63) is 105 Å². The van der Waals surface area contributed by atoms with E-state index in [1.807, 2.05) is 70.7 Å². The molecule has 278 valence electrons. The fraction of sp³-hybridized carbons (Fsp3) is 0.395. The Balaban J connectivity index is 1.09. The molecular weight excluding hydrogens is 767 g/mol. The molecule has 0 saturated heterocycles. The molecule has 3 N–H and O–H groups in total. The standard InChI is InChI=1S/C43H49N3OS6/c1-6-9-10-25(7-2)21-26-11-12-35(49-26)36-17-18-39(52-36)40-19-20-41(53-40)42-28-22-30(44)27(23-31(28)46(4)43(42)45)29(24-47)33-13-14-37(50-33)38-16-15-34(51-38)32(8-3)48-5/h8,11-12,14,16,18-20,22-25,33-34,36,45H,6-7,9-10,13,15,17,21,44H2,1-5H3/b29-27+,32-8-,45-43?. The Morgan fingerprint density at radius 2 is 1.72 bits per heavy atom. The Morgan fingerprint density at radius 3 is 2.43 bits per heavy atom. The first-order valence-electron chi connectivity index (χ1n) is 18.7.